The molecule has 2 aromatic rings. The van der Waals surface area contributed by atoms with Gasteiger partial charge in [-0.1, -0.05) is 30.0 Å². The number of rotatable bonds is 4. The largest absolute Gasteiger partial charge is 0.441 e. The van der Waals surface area contributed by atoms with Crippen molar-refractivity contribution in [1.82, 2.24) is 10.3 Å². The minimum Gasteiger partial charge on any atom is -0.441 e. The van der Waals surface area contributed by atoms with Crippen molar-refractivity contribution in [2.45, 2.75) is 25.8 Å². The summed E-state index contributed by atoms with van der Waals surface area (Å²) in [6.45, 7) is 1.79. The molecule has 1 aromatic heterocycles. The Morgan fingerprint density at radius 3 is 2.86 bits per heavy atom. The third-order valence-corrected chi connectivity index (χ3v) is 4.52. The highest BCUT2D eigenvalue weighted by atomic mass is 32.2. The number of nitrogens with one attached hydrogen (secondary N) is 1. The number of carbonyl (C=O) groups excluding carboxylic acids is 2. The van der Waals surface area contributed by atoms with Gasteiger partial charge in [0.05, 0.1) is 18.2 Å². The third kappa shape index (κ3) is 3.22. The highest BCUT2D eigenvalue weighted by Gasteiger charge is 2.27. The molecule has 0 bridgehead atoms. The number of hydrogen-bond acceptors (Lipinski definition) is 5. The average molecular weight is 316 g/mol. The molecule has 1 aliphatic rings. The van der Waals surface area contributed by atoms with Crippen LogP contribution >= 0.6 is 11.8 Å². The van der Waals surface area contributed by atoms with E-state index in [0.29, 0.717) is 23.8 Å². The summed E-state index contributed by atoms with van der Waals surface area (Å²) in [5, 5.41) is 2.80. The SMILES string of the molecule is Cc1oc(-c2ccccc2)nc1CC(=O)NC1CCSC1=O. The van der Waals surface area contributed by atoms with E-state index in [-0.39, 0.29) is 23.5 Å². The quantitative estimate of drug-likeness (QED) is 0.937. The molecule has 1 aliphatic heterocycles. The van der Waals surface area contributed by atoms with E-state index >= 15 is 0 Å². The second kappa shape index (κ2) is 6.36. The molecule has 5 nitrogen and oxygen atoms in total. The molecule has 1 saturated heterocycles. The Kier molecular flexibility index (Phi) is 4.29. The zero-order valence-electron chi connectivity index (χ0n) is 12.2. The normalized spacial score (nSPS) is 17.7. The lowest BCUT2D eigenvalue weighted by Gasteiger charge is -2.08. The Balaban J connectivity index is 1.69. The molecule has 1 atom stereocenters. The van der Waals surface area contributed by atoms with Crippen LogP contribution in [-0.4, -0.2) is 27.8 Å². The zero-order valence-corrected chi connectivity index (χ0v) is 13.0. The first kappa shape index (κ1) is 14.8. The molecule has 0 radical (unpaired) electrons. The molecule has 6 heteroatoms. The van der Waals surface area contributed by atoms with E-state index in [1.54, 1.807) is 6.92 Å². The Bertz CT molecular complexity index is 697. The summed E-state index contributed by atoms with van der Waals surface area (Å²) in [5.74, 6) is 1.71. The van der Waals surface area contributed by atoms with Gasteiger partial charge in [-0.05, 0) is 25.5 Å². The van der Waals surface area contributed by atoms with Crippen molar-refractivity contribution < 1.29 is 14.0 Å². The van der Waals surface area contributed by atoms with Gasteiger partial charge in [0.15, 0.2) is 0 Å². The van der Waals surface area contributed by atoms with Gasteiger partial charge in [0, 0.05) is 11.3 Å². The molecule has 1 aromatic carbocycles. The van der Waals surface area contributed by atoms with Gasteiger partial charge in [0.2, 0.25) is 16.9 Å². The maximum Gasteiger partial charge on any atom is 0.226 e. The topological polar surface area (TPSA) is 72.2 Å². The highest BCUT2D eigenvalue weighted by molar-refractivity contribution is 8.14. The molecule has 0 spiro atoms. The Labute approximate surface area is 132 Å². The zero-order chi connectivity index (χ0) is 15.5. The van der Waals surface area contributed by atoms with Crippen molar-refractivity contribution >= 4 is 22.8 Å². The number of aromatic nitrogens is 1. The summed E-state index contributed by atoms with van der Waals surface area (Å²) >= 11 is 1.27. The molecule has 1 N–H and O–H groups in total. The van der Waals surface area contributed by atoms with Crippen molar-refractivity contribution in [3.8, 4) is 11.5 Å². The fourth-order valence-electron chi connectivity index (χ4n) is 2.32. The van der Waals surface area contributed by atoms with E-state index in [9.17, 15) is 9.59 Å². The van der Waals surface area contributed by atoms with Gasteiger partial charge < -0.3 is 9.73 Å². The second-order valence-corrected chi connectivity index (χ2v) is 6.24. The number of nitrogens with zero attached hydrogens (tertiary/aromatic N) is 1. The molecule has 1 amide bonds. The molecule has 0 saturated carbocycles. The lowest BCUT2D eigenvalue weighted by molar-refractivity contribution is -0.124. The Morgan fingerprint density at radius 1 is 1.41 bits per heavy atom. The van der Waals surface area contributed by atoms with E-state index in [0.717, 1.165) is 11.3 Å². The van der Waals surface area contributed by atoms with Crippen molar-refractivity contribution in [2.75, 3.05) is 5.75 Å². The van der Waals surface area contributed by atoms with Gasteiger partial charge in [-0.2, -0.15) is 0 Å². The molecule has 22 heavy (non-hydrogen) atoms. The average Bonchev–Trinajstić information content (AvgIpc) is 3.07. The lowest BCUT2D eigenvalue weighted by Crippen LogP contribution is -2.38. The van der Waals surface area contributed by atoms with Crippen LogP contribution in [0.15, 0.2) is 34.7 Å². The van der Waals surface area contributed by atoms with Gasteiger partial charge in [0.1, 0.15) is 5.76 Å². The fraction of sp³-hybridized carbons (Fsp3) is 0.312. The van der Waals surface area contributed by atoms with Crippen LogP contribution in [0.4, 0.5) is 0 Å². The van der Waals surface area contributed by atoms with Gasteiger partial charge >= 0.3 is 0 Å². The lowest BCUT2D eigenvalue weighted by atomic mass is 10.2. The van der Waals surface area contributed by atoms with Crippen molar-refractivity contribution in [3.05, 3.63) is 41.8 Å². The van der Waals surface area contributed by atoms with E-state index < -0.39 is 0 Å². The minimum atomic E-state index is -0.363. The van der Waals surface area contributed by atoms with Crippen LogP contribution in [-0.2, 0) is 16.0 Å². The van der Waals surface area contributed by atoms with Crippen LogP contribution < -0.4 is 5.32 Å². The van der Waals surface area contributed by atoms with Crippen molar-refractivity contribution in [2.24, 2.45) is 0 Å². The first-order valence-electron chi connectivity index (χ1n) is 7.11. The number of oxazole rings is 1. The molecular formula is C16H16N2O3S. The molecule has 3 rings (SSSR count). The van der Waals surface area contributed by atoms with Crippen LogP contribution in [0, 0.1) is 6.92 Å². The monoisotopic (exact) mass is 316 g/mol. The minimum absolute atomic E-state index is 0.0372. The van der Waals surface area contributed by atoms with Crippen LogP contribution in [0.1, 0.15) is 17.9 Å². The predicted molar refractivity (Wildman–Crippen MR) is 84.4 cm³/mol. The Morgan fingerprint density at radius 2 is 2.18 bits per heavy atom. The summed E-state index contributed by atoms with van der Waals surface area (Å²) in [7, 11) is 0. The van der Waals surface area contributed by atoms with Crippen LogP contribution in [0.2, 0.25) is 0 Å². The Hall–Kier alpha value is -2.08. The summed E-state index contributed by atoms with van der Waals surface area (Å²) in [6, 6.07) is 9.19. The van der Waals surface area contributed by atoms with Gasteiger partial charge in [0.25, 0.3) is 0 Å². The molecular weight excluding hydrogens is 300 g/mol. The summed E-state index contributed by atoms with van der Waals surface area (Å²) in [4.78, 5) is 28.0. The summed E-state index contributed by atoms with van der Waals surface area (Å²) in [5.41, 5.74) is 1.48. The van der Waals surface area contributed by atoms with E-state index in [2.05, 4.69) is 10.3 Å². The first-order valence-corrected chi connectivity index (χ1v) is 8.10. The molecule has 0 aliphatic carbocycles. The van der Waals surface area contributed by atoms with E-state index in [1.165, 1.54) is 11.8 Å². The smallest absolute Gasteiger partial charge is 0.226 e. The van der Waals surface area contributed by atoms with Gasteiger partial charge in [-0.3, -0.25) is 9.59 Å². The van der Waals surface area contributed by atoms with Crippen LogP contribution in [0.3, 0.4) is 0 Å². The molecule has 114 valence electrons. The molecule has 1 fully saturated rings. The maximum atomic E-state index is 12.1. The molecule has 1 unspecified atom stereocenters. The molecule has 2 heterocycles. The number of hydrogen-bond donors (Lipinski definition) is 1. The highest BCUT2D eigenvalue weighted by Crippen LogP contribution is 2.22. The van der Waals surface area contributed by atoms with E-state index in [4.69, 9.17) is 4.42 Å². The summed E-state index contributed by atoms with van der Waals surface area (Å²) < 4.78 is 5.63. The fourth-order valence-corrected chi connectivity index (χ4v) is 3.25. The maximum absolute atomic E-state index is 12.1. The second-order valence-electron chi connectivity index (χ2n) is 5.14. The number of amides is 1. The number of carbonyl (C=O) groups is 2. The number of aryl methyl sites for hydroxylation is 1. The summed E-state index contributed by atoms with van der Waals surface area (Å²) in [6.07, 6.45) is 0.818. The van der Waals surface area contributed by atoms with Crippen molar-refractivity contribution in [1.29, 1.82) is 0 Å². The van der Waals surface area contributed by atoms with Crippen LogP contribution in [0.5, 0.6) is 0 Å². The standard InChI is InChI=1S/C16H16N2O3S/c1-10-13(9-14(19)17-12-7-8-22-16(12)20)18-15(21-10)11-5-3-2-4-6-11/h2-6,12H,7-9H2,1H3,(H,17,19). The number of benzene rings is 1. The number of thioether (sulfide) groups is 1. The first-order chi connectivity index (χ1) is 10.6. The van der Waals surface area contributed by atoms with Crippen LogP contribution in [0.25, 0.3) is 11.5 Å². The van der Waals surface area contributed by atoms with E-state index in [1.807, 2.05) is 30.3 Å². The van der Waals surface area contributed by atoms with Gasteiger partial charge in [-0.15, -0.1) is 0 Å². The van der Waals surface area contributed by atoms with Crippen molar-refractivity contribution in [3.63, 3.8) is 0 Å². The predicted octanol–water partition coefficient (Wildman–Crippen LogP) is 2.34. The van der Waals surface area contributed by atoms with Gasteiger partial charge in [-0.25, -0.2) is 4.98 Å². The third-order valence-electron chi connectivity index (χ3n) is 3.51.